The minimum absolute atomic E-state index is 0.221. The Hall–Kier alpha value is -5.90. The van der Waals surface area contributed by atoms with E-state index in [0.717, 1.165) is 59.6 Å². The van der Waals surface area contributed by atoms with Crippen LogP contribution in [-0.2, 0) is 52.5 Å². The number of carbonyl (C=O) groups is 2. The molecule has 0 atom stereocenters. The van der Waals surface area contributed by atoms with Crippen molar-refractivity contribution in [1.82, 2.24) is 9.97 Å². The number of fused-ring (bicyclic) bond motifs is 8. The fourth-order valence-corrected chi connectivity index (χ4v) is 9.33. The van der Waals surface area contributed by atoms with Gasteiger partial charge in [0.1, 0.15) is 5.78 Å². The van der Waals surface area contributed by atoms with Crippen molar-refractivity contribution in [3.05, 3.63) is 112 Å². The Morgan fingerprint density at radius 2 is 1.11 bits per heavy atom. The van der Waals surface area contributed by atoms with Gasteiger partial charge in [0.2, 0.25) is 13.6 Å². The van der Waals surface area contributed by atoms with E-state index in [1.54, 1.807) is 12.1 Å². The second kappa shape index (κ2) is 13.9. The normalized spacial score (nSPS) is 18.4. The molecule has 0 unspecified atom stereocenters. The van der Waals surface area contributed by atoms with Crippen LogP contribution in [0.15, 0.2) is 72.8 Å². The zero-order valence-corrected chi connectivity index (χ0v) is 32.0. The molecule has 2 fully saturated rings. The fourth-order valence-electron chi connectivity index (χ4n) is 9.33. The number of rotatable bonds is 6. The standard InChI is InChI=1S/C24H23NO3.C12H14N2.C11H10O4/c26-23(24(9-10-24)16-6-8-21-22(13-16)28-14-27-21)12-15-5-7-20-18(11-15)17-3-1-2-4-19(17)25-20;13-8-5-6-12-10(7-8)9-3-1-2-4-11(9)14-12;12-10(13)11(3-4-11)7-1-2-8-9(5-7)15-6-14-8/h5-8,11,13,25H,1-4,9-10,12,14H2;5-7,14H,1-4,13H2;1-2,5H,3-4,6H2,(H,12,13). The molecule has 0 radical (unpaired) electrons. The topological polar surface area (TPSA) is 149 Å². The van der Waals surface area contributed by atoms with Crippen molar-refractivity contribution in [2.45, 2.75) is 94.3 Å². The van der Waals surface area contributed by atoms with Gasteiger partial charge in [-0.1, -0.05) is 18.2 Å². The highest BCUT2D eigenvalue weighted by molar-refractivity contribution is 5.96. The van der Waals surface area contributed by atoms with E-state index in [9.17, 15) is 9.59 Å². The van der Waals surface area contributed by atoms with Crippen LogP contribution in [0.1, 0.15) is 90.6 Å². The Morgan fingerprint density at radius 1 is 0.596 bits per heavy atom. The number of aromatic nitrogens is 2. The van der Waals surface area contributed by atoms with E-state index in [0.29, 0.717) is 36.5 Å². The number of anilines is 1. The summed E-state index contributed by atoms with van der Waals surface area (Å²) in [6.45, 7) is 0.486. The first-order valence-electron chi connectivity index (χ1n) is 20.4. The molecule has 0 amide bonds. The third-order valence-corrected chi connectivity index (χ3v) is 12.9. The van der Waals surface area contributed by atoms with Gasteiger partial charge in [0.05, 0.1) is 10.8 Å². The highest BCUT2D eigenvalue weighted by atomic mass is 16.7. The Kier molecular flexibility index (Phi) is 8.68. The van der Waals surface area contributed by atoms with Crippen LogP contribution in [0.5, 0.6) is 23.0 Å². The number of aryl methyl sites for hydroxylation is 4. The van der Waals surface area contributed by atoms with Gasteiger partial charge in [0.15, 0.2) is 23.0 Å². The molecule has 10 nitrogen and oxygen atoms in total. The Morgan fingerprint density at radius 3 is 1.67 bits per heavy atom. The van der Waals surface area contributed by atoms with Crippen molar-refractivity contribution in [2.75, 3.05) is 19.3 Å². The van der Waals surface area contributed by atoms with Crippen LogP contribution >= 0.6 is 0 Å². The number of nitrogen functional groups attached to an aromatic ring is 1. The van der Waals surface area contributed by atoms with Crippen LogP contribution < -0.4 is 24.7 Å². The van der Waals surface area contributed by atoms with Crippen molar-refractivity contribution in [3.8, 4) is 23.0 Å². The summed E-state index contributed by atoms with van der Waals surface area (Å²) in [6, 6.07) is 24.0. The summed E-state index contributed by atoms with van der Waals surface area (Å²) in [5, 5.41) is 11.8. The molecule has 0 spiro atoms. The Labute approximate surface area is 330 Å². The van der Waals surface area contributed by atoms with E-state index in [1.807, 2.05) is 30.3 Å². The van der Waals surface area contributed by atoms with E-state index >= 15 is 0 Å². The van der Waals surface area contributed by atoms with Gasteiger partial charge in [0, 0.05) is 45.3 Å². The Bertz CT molecular complexity index is 2560. The summed E-state index contributed by atoms with van der Waals surface area (Å²) in [7, 11) is 0. The Balaban J connectivity index is 0.000000115. The zero-order valence-electron chi connectivity index (χ0n) is 32.0. The molecular weight excluding hydrogens is 719 g/mol. The maximum absolute atomic E-state index is 13.3. The molecular formula is C47H47N3O7. The lowest BCUT2D eigenvalue weighted by molar-refractivity contribution is -0.140. The van der Waals surface area contributed by atoms with Gasteiger partial charge in [-0.25, -0.2) is 0 Å². The number of ether oxygens (including phenoxy) is 4. The number of carbonyl (C=O) groups excluding carboxylic acids is 1. The molecule has 0 bridgehead atoms. The maximum Gasteiger partial charge on any atom is 0.314 e. The summed E-state index contributed by atoms with van der Waals surface area (Å²) in [4.78, 5) is 31.5. The first-order chi connectivity index (χ1) is 27.8. The van der Waals surface area contributed by atoms with Crippen LogP contribution in [0.25, 0.3) is 21.8 Å². The third-order valence-electron chi connectivity index (χ3n) is 12.9. The minimum Gasteiger partial charge on any atom is -0.481 e. The molecule has 4 heterocycles. The van der Waals surface area contributed by atoms with Crippen LogP contribution in [0.2, 0.25) is 0 Å². The van der Waals surface area contributed by atoms with Gasteiger partial charge in [0.25, 0.3) is 0 Å². The number of H-pyrrole nitrogens is 2. The predicted molar refractivity (Wildman–Crippen MR) is 218 cm³/mol. The number of ketones is 1. The van der Waals surface area contributed by atoms with Crippen LogP contribution in [-0.4, -0.2) is 40.4 Å². The van der Waals surface area contributed by atoms with E-state index in [1.165, 1.54) is 82.8 Å². The number of hydrogen-bond donors (Lipinski definition) is 4. The average molecular weight is 766 g/mol. The number of nitrogens with one attached hydrogen (secondary N) is 2. The molecule has 292 valence electrons. The lowest BCUT2D eigenvalue weighted by Gasteiger charge is -2.15. The quantitative estimate of drug-likeness (QED) is 0.123. The van der Waals surface area contributed by atoms with Gasteiger partial charge >= 0.3 is 5.97 Å². The molecule has 4 aromatic carbocycles. The van der Waals surface area contributed by atoms with E-state index in [4.69, 9.17) is 29.8 Å². The molecule has 6 aliphatic rings. The first-order valence-corrected chi connectivity index (χ1v) is 20.4. The monoisotopic (exact) mass is 765 g/mol. The van der Waals surface area contributed by atoms with E-state index < -0.39 is 11.4 Å². The second-order valence-corrected chi connectivity index (χ2v) is 16.5. The fraction of sp³-hybridized carbons (Fsp3) is 0.362. The number of Topliss-reactive ketones (excluding diaryl/α,β-unsaturated/α-hetero) is 1. The minimum atomic E-state index is -0.749. The number of carboxylic acids is 1. The molecule has 2 saturated carbocycles. The lowest BCUT2D eigenvalue weighted by Crippen LogP contribution is -2.22. The molecule has 57 heavy (non-hydrogen) atoms. The van der Waals surface area contributed by atoms with Gasteiger partial charge < -0.3 is 39.8 Å². The molecule has 2 aromatic heterocycles. The largest absolute Gasteiger partial charge is 0.481 e. The van der Waals surface area contributed by atoms with Crippen molar-refractivity contribution in [3.63, 3.8) is 0 Å². The lowest BCUT2D eigenvalue weighted by atomic mass is 9.87. The van der Waals surface area contributed by atoms with Gasteiger partial charge in [-0.2, -0.15) is 0 Å². The summed E-state index contributed by atoms with van der Waals surface area (Å²) in [6.07, 6.45) is 13.6. The molecule has 5 N–H and O–H groups in total. The predicted octanol–water partition coefficient (Wildman–Crippen LogP) is 8.78. The SMILES string of the molecule is Nc1ccc2[nH]c3c(c2c1)CCCC3.O=C(Cc1ccc2[nH]c3c(c2c1)CCCC3)C1(c2ccc3c(c2)OCO3)CC1.O=C(O)C1(c2ccc3c(c2)OCO3)CC1. The number of nitrogens with two attached hydrogens (primary N) is 1. The van der Waals surface area contributed by atoms with E-state index in [2.05, 4.69) is 40.3 Å². The van der Waals surface area contributed by atoms with Crippen LogP contribution in [0, 0.1) is 0 Å². The molecule has 2 aliphatic heterocycles. The molecule has 10 heteroatoms. The highest BCUT2D eigenvalue weighted by Crippen LogP contribution is 2.52. The number of hydrogen-bond acceptors (Lipinski definition) is 7. The first kappa shape index (κ1) is 35.5. The summed E-state index contributed by atoms with van der Waals surface area (Å²) >= 11 is 0. The van der Waals surface area contributed by atoms with E-state index in [-0.39, 0.29) is 19.0 Å². The molecule has 4 aliphatic carbocycles. The number of carboxylic acid groups (broad SMARTS) is 1. The van der Waals surface area contributed by atoms with Gasteiger partial charge in [-0.3, -0.25) is 9.59 Å². The van der Waals surface area contributed by atoms with Crippen LogP contribution in [0.4, 0.5) is 5.69 Å². The van der Waals surface area contributed by atoms with Crippen molar-refractivity contribution in [1.29, 1.82) is 0 Å². The molecule has 6 aromatic rings. The van der Waals surface area contributed by atoms with Crippen molar-refractivity contribution < 1.29 is 33.6 Å². The second-order valence-electron chi connectivity index (χ2n) is 16.5. The smallest absolute Gasteiger partial charge is 0.314 e. The number of aromatic amines is 2. The highest BCUT2D eigenvalue weighted by Gasteiger charge is 2.52. The number of benzene rings is 4. The zero-order chi connectivity index (χ0) is 38.7. The summed E-state index contributed by atoms with van der Waals surface area (Å²) in [5.74, 6) is 2.45. The van der Waals surface area contributed by atoms with Crippen molar-refractivity contribution in [2.24, 2.45) is 0 Å². The maximum atomic E-state index is 13.3. The molecule has 12 rings (SSSR count). The van der Waals surface area contributed by atoms with Gasteiger partial charge in [-0.15, -0.1) is 0 Å². The van der Waals surface area contributed by atoms with Crippen molar-refractivity contribution >= 4 is 39.2 Å². The van der Waals surface area contributed by atoms with Crippen LogP contribution in [0.3, 0.4) is 0 Å². The van der Waals surface area contributed by atoms with Gasteiger partial charge in [-0.05, 0) is 159 Å². The third kappa shape index (κ3) is 6.45. The average Bonchev–Trinajstić information content (AvgIpc) is 4.00. The number of aliphatic carboxylic acids is 1. The summed E-state index contributed by atoms with van der Waals surface area (Å²) < 4.78 is 21.3. The molecule has 0 saturated heterocycles. The summed E-state index contributed by atoms with van der Waals surface area (Å²) in [5.41, 5.74) is 16.9.